The van der Waals surface area contributed by atoms with Crippen LogP contribution in [0, 0.1) is 0 Å². The highest BCUT2D eigenvalue weighted by molar-refractivity contribution is 7.99. The first-order chi connectivity index (χ1) is 13.8. The third kappa shape index (κ3) is 6.40. The molecule has 0 bridgehead atoms. The number of hydrogen-bond donors (Lipinski definition) is 0. The molecule has 0 aliphatic heterocycles. The van der Waals surface area contributed by atoms with Gasteiger partial charge in [-0.25, -0.2) is 4.98 Å². The lowest BCUT2D eigenvalue weighted by Crippen LogP contribution is -2.10. The number of imidazole rings is 1. The van der Waals surface area contributed by atoms with Crippen LogP contribution >= 0.6 is 35.0 Å². The third-order valence-electron chi connectivity index (χ3n) is 4.73. The highest BCUT2D eigenvalue weighted by Crippen LogP contribution is 2.36. The molecular formula is C24H26Cl2N2S. The van der Waals surface area contributed by atoms with Crippen molar-refractivity contribution < 1.29 is 0 Å². The molecular weight excluding hydrogens is 419 g/mol. The van der Waals surface area contributed by atoms with Crippen molar-refractivity contribution in [3.8, 4) is 0 Å². The SMILES string of the molecule is CC(C)(C)c1ccc(C=CCSC(Cn2ccnc2)c2ccc(Cl)cc2Cl)cc1. The van der Waals surface area contributed by atoms with Crippen LogP contribution in [0.2, 0.25) is 10.0 Å². The second kappa shape index (κ2) is 9.88. The van der Waals surface area contributed by atoms with E-state index in [1.807, 2.05) is 42.5 Å². The van der Waals surface area contributed by atoms with Crippen LogP contribution in [-0.4, -0.2) is 15.3 Å². The summed E-state index contributed by atoms with van der Waals surface area (Å²) in [5.41, 5.74) is 3.84. The lowest BCUT2D eigenvalue weighted by molar-refractivity contribution is 0.590. The standard InChI is InChI=1S/C24H26Cl2N2S/c1-24(2,3)19-8-6-18(7-9-19)5-4-14-29-23(16-28-13-12-27-17-28)21-11-10-20(25)15-22(21)26/h4-13,15,17,23H,14,16H2,1-3H3. The van der Waals surface area contributed by atoms with E-state index >= 15 is 0 Å². The van der Waals surface area contributed by atoms with Gasteiger partial charge in [-0.15, -0.1) is 11.8 Å². The van der Waals surface area contributed by atoms with Gasteiger partial charge in [0, 0.05) is 40.0 Å². The number of nitrogens with zero attached hydrogens (tertiary/aromatic N) is 2. The molecule has 29 heavy (non-hydrogen) atoms. The molecule has 1 atom stereocenters. The van der Waals surface area contributed by atoms with Crippen molar-refractivity contribution in [1.29, 1.82) is 0 Å². The zero-order chi connectivity index (χ0) is 20.9. The first-order valence-corrected chi connectivity index (χ1v) is 11.4. The van der Waals surface area contributed by atoms with Gasteiger partial charge in [0.25, 0.3) is 0 Å². The molecule has 152 valence electrons. The molecule has 0 amide bonds. The highest BCUT2D eigenvalue weighted by Gasteiger charge is 2.16. The van der Waals surface area contributed by atoms with Crippen molar-refractivity contribution in [2.24, 2.45) is 0 Å². The largest absolute Gasteiger partial charge is 0.336 e. The maximum Gasteiger partial charge on any atom is 0.0946 e. The summed E-state index contributed by atoms with van der Waals surface area (Å²) in [5.74, 6) is 0.888. The predicted molar refractivity (Wildman–Crippen MR) is 128 cm³/mol. The summed E-state index contributed by atoms with van der Waals surface area (Å²) in [7, 11) is 0. The van der Waals surface area contributed by atoms with Crippen molar-refractivity contribution in [2.75, 3.05) is 5.75 Å². The van der Waals surface area contributed by atoms with E-state index < -0.39 is 0 Å². The summed E-state index contributed by atoms with van der Waals surface area (Å²) in [6.07, 6.45) is 10.00. The van der Waals surface area contributed by atoms with Crippen molar-refractivity contribution in [2.45, 2.75) is 38.0 Å². The number of aromatic nitrogens is 2. The van der Waals surface area contributed by atoms with Crippen LogP contribution in [-0.2, 0) is 12.0 Å². The summed E-state index contributed by atoms with van der Waals surface area (Å²) in [5, 5.41) is 1.57. The Balaban J connectivity index is 1.67. The first-order valence-electron chi connectivity index (χ1n) is 9.62. The van der Waals surface area contributed by atoms with Gasteiger partial charge in [0.2, 0.25) is 0 Å². The van der Waals surface area contributed by atoms with Crippen LogP contribution in [0.3, 0.4) is 0 Å². The van der Waals surface area contributed by atoms with E-state index in [0.29, 0.717) is 10.0 Å². The van der Waals surface area contributed by atoms with Gasteiger partial charge in [0.05, 0.1) is 6.33 Å². The van der Waals surface area contributed by atoms with Gasteiger partial charge in [-0.05, 0) is 34.2 Å². The third-order valence-corrected chi connectivity index (χ3v) is 6.48. The van der Waals surface area contributed by atoms with E-state index in [9.17, 15) is 0 Å². The molecule has 1 heterocycles. The van der Waals surface area contributed by atoms with E-state index in [0.717, 1.165) is 17.9 Å². The molecule has 1 unspecified atom stereocenters. The molecule has 2 nitrogen and oxygen atoms in total. The van der Waals surface area contributed by atoms with E-state index in [4.69, 9.17) is 23.2 Å². The topological polar surface area (TPSA) is 17.8 Å². The Labute approximate surface area is 188 Å². The molecule has 5 heteroatoms. The molecule has 0 aliphatic rings. The smallest absolute Gasteiger partial charge is 0.0946 e. The predicted octanol–water partition coefficient (Wildman–Crippen LogP) is 7.68. The summed E-state index contributed by atoms with van der Waals surface area (Å²) in [4.78, 5) is 4.15. The van der Waals surface area contributed by atoms with Crippen LogP contribution < -0.4 is 0 Å². The normalized spacial score (nSPS) is 13.1. The van der Waals surface area contributed by atoms with Gasteiger partial charge in [-0.1, -0.05) is 86.5 Å². The van der Waals surface area contributed by atoms with Gasteiger partial charge < -0.3 is 4.57 Å². The van der Waals surface area contributed by atoms with E-state index in [1.165, 1.54) is 11.1 Å². The lowest BCUT2D eigenvalue weighted by Gasteiger charge is -2.19. The molecule has 3 aromatic rings. The van der Waals surface area contributed by atoms with Gasteiger partial charge in [-0.2, -0.15) is 0 Å². The van der Waals surface area contributed by atoms with E-state index in [1.54, 1.807) is 6.20 Å². The Bertz CT molecular complexity index is 942. The molecule has 3 rings (SSSR count). The average Bonchev–Trinajstić information content (AvgIpc) is 3.17. The zero-order valence-corrected chi connectivity index (χ0v) is 19.3. The molecule has 0 aliphatic carbocycles. The number of rotatable bonds is 7. The molecule has 0 radical (unpaired) electrons. The molecule has 0 saturated heterocycles. The fraction of sp³-hybridized carbons (Fsp3) is 0.292. The average molecular weight is 445 g/mol. The molecule has 0 spiro atoms. The van der Waals surface area contributed by atoms with Crippen LogP contribution in [0.15, 0.2) is 67.3 Å². The Hall–Kier alpha value is -1.68. The Morgan fingerprint density at radius 2 is 1.86 bits per heavy atom. The Morgan fingerprint density at radius 1 is 1.10 bits per heavy atom. The summed E-state index contributed by atoms with van der Waals surface area (Å²) in [6, 6.07) is 14.5. The molecule has 1 aromatic heterocycles. The van der Waals surface area contributed by atoms with Crippen molar-refractivity contribution in [3.63, 3.8) is 0 Å². The summed E-state index contributed by atoms with van der Waals surface area (Å²) < 4.78 is 2.08. The maximum atomic E-state index is 6.48. The Kier molecular flexibility index (Phi) is 7.50. The summed E-state index contributed by atoms with van der Waals surface area (Å²) >= 11 is 14.4. The molecule has 2 aromatic carbocycles. The van der Waals surface area contributed by atoms with Crippen LogP contribution in [0.1, 0.15) is 42.7 Å². The second-order valence-corrected chi connectivity index (χ2v) is 10.1. The quantitative estimate of drug-likeness (QED) is 0.371. The fourth-order valence-electron chi connectivity index (χ4n) is 3.04. The number of benzene rings is 2. The maximum absolute atomic E-state index is 6.48. The molecule has 0 N–H and O–H groups in total. The van der Waals surface area contributed by atoms with E-state index in [2.05, 4.69) is 66.7 Å². The van der Waals surface area contributed by atoms with E-state index in [-0.39, 0.29) is 10.7 Å². The van der Waals surface area contributed by atoms with Crippen molar-refractivity contribution >= 4 is 41.0 Å². The number of thioether (sulfide) groups is 1. The van der Waals surface area contributed by atoms with Gasteiger partial charge >= 0.3 is 0 Å². The number of halogens is 2. The van der Waals surface area contributed by atoms with Gasteiger partial charge in [0.1, 0.15) is 0 Å². The van der Waals surface area contributed by atoms with Crippen molar-refractivity contribution in [1.82, 2.24) is 9.55 Å². The van der Waals surface area contributed by atoms with Gasteiger partial charge in [-0.3, -0.25) is 0 Å². The molecule has 0 fully saturated rings. The minimum absolute atomic E-state index is 0.177. The minimum atomic E-state index is 0.177. The monoisotopic (exact) mass is 444 g/mol. The Morgan fingerprint density at radius 3 is 2.48 bits per heavy atom. The molecule has 0 saturated carbocycles. The lowest BCUT2D eigenvalue weighted by atomic mass is 9.87. The number of hydrogen-bond acceptors (Lipinski definition) is 2. The fourth-order valence-corrected chi connectivity index (χ4v) is 4.75. The highest BCUT2D eigenvalue weighted by atomic mass is 35.5. The second-order valence-electron chi connectivity index (χ2n) is 8.02. The summed E-state index contributed by atoms with van der Waals surface area (Å²) in [6.45, 7) is 7.50. The van der Waals surface area contributed by atoms with Crippen LogP contribution in [0.4, 0.5) is 0 Å². The van der Waals surface area contributed by atoms with Crippen molar-refractivity contribution in [3.05, 3.63) is 94.0 Å². The van der Waals surface area contributed by atoms with Crippen LogP contribution in [0.25, 0.3) is 6.08 Å². The van der Waals surface area contributed by atoms with Crippen LogP contribution in [0.5, 0.6) is 0 Å². The minimum Gasteiger partial charge on any atom is -0.336 e. The van der Waals surface area contributed by atoms with Gasteiger partial charge in [0.15, 0.2) is 0 Å². The zero-order valence-electron chi connectivity index (χ0n) is 17.0. The first kappa shape index (κ1) is 22.0.